The van der Waals surface area contributed by atoms with Crippen LogP contribution in [0.4, 0.5) is 11.6 Å². The van der Waals surface area contributed by atoms with Gasteiger partial charge in [-0.2, -0.15) is 0 Å². The Bertz CT molecular complexity index is 953. The van der Waals surface area contributed by atoms with Crippen LogP contribution < -0.4 is 5.43 Å². The molecule has 1 fully saturated rings. The number of anilines is 1. The number of carbonyl (C=O) groups is 1. The molecular weight excluding hydrogens is 445 g/mol. The highest BCUT2D eigenvalue weighted by atomic mass is 35.5. The van der Waals surface area contributed by atoms with Crippen LogP contribution in [-0.4, -0.2) is 20.2 Å². The number of thiocarbonyl (C=S) groups is 1. The smallest absolute Gasteiger partial charge is 0.401 e. The van der Waals surface area contributed by atoms with E-state index in [1.807, 2.05) is 0 Å². The van der Waals surface area contributed by atoms with Crippen molar-refractivity contribution >= 4 is 86.7 Å². The minimum atomic E-state index is -0.672. The number of benzene rings is 1. The van der Waals surface area contributed by atoms with E-state index in [1.54, 1.807) is 0 Å². The van der Waals surface area contributed by atoms with Crippen molar-refractivity contribution in [3.63, 3.8) is 0 Å². The molecule has 1 amide bonds. The van der Waals surface area contributed by atoms with E-state index in [0.717, 1.165) is 16.8 Å². The molecular formula is C14H6Cl3N3O4S2. The monoisotopic (exact) mass is 449 g/mol. The van der Waals surface area contributed by atoms with Crippen LogP contribution >= 0.6 is 58.8 Å². The first-order valence-electron chi connectivity index (χ1n) is 6.69. The van der Waals surface area contributed by atoms with Gasteiger partial charge >= 0.3 is 5.88 Å². The Kier molecular flexibility index (Phi) is 5.44. The van der Waals surface area contributed by atoms with Crippen molar-refractivity contribution in [2.24, 2.45) is 0 Å². The van der Waals surface area contributed by atoms with Crippen LogP contribution in [0.2, 0.25) is 15.1 Å². The Balaban J connectivity index is 1.85. The molecule has 0 bridgehead atoms. The second-order valence-electron chi connectivity index (χ2n) is 4.81. The van der Waals surface area contributed by atoms with Crippen molar-refractivity contribution in [1.82, 2.24) is 5.01 Å². The summed E-state index contributed by atoms with van der Waals surface area (Å²) in [5, 5.41) is 12.5. The SMILES string of the molecule is O=C1/C(=C\c2ccc([N+](=O)[O-])o2)SC(=S)N1Nc1c(Cl)cc(Cl)cc1Cl. The fraction of sp³-hybridized carbons (Fsp3) is 0. The zero-order valence-electron chi connectivity index (χ0n) is 12.4. The van der Waals surface area contributed by atoms with Gasteiger partial charge < -0.3 is 4.42 Å². The fourth-order valence-electron chi connectivity index (χ4n) is 1.97. The number of nitrogens with one attached hydrogen (secondary N) is 1. The van der Waals surface area contributed by atoms with Crippen molar-refractivity contribution in [3.8, 4) is 0 Å². The molecule has 1 aromatic heterocycles. The largest absolute Gasteiger partial charge is 0.433 e. The number of nitro groups is 1. The second kappa shape index (κ2) is 7.45. The molecule has 12 heteroatoms. The maximum atomic E-state index is 12.6. The van der Waals surface area contributed by atoms with E-state index >= 15 is 0 Å². The van der Waals surface area contributed by atoms with E-state index in [2.05, 4.69) is 5.43 Å². The zero-order valence-corrected chi connectivity index (χ0v) is 16.3. The maximum absolute atomic E-state index is 12.6. The molecule has 0 radical (unpaired) electrons. The average molecular weight is 451 g/mol. The molecule has 1 aliphatic rings. The Labute approximate surface area is 171 Å². The first-order valence-corrected chi connectivity index (χ1v) is 9.05. The molecule has 1 saturated heterocycles. The van der Waals surface area contributed by atoms with E-state index in [0.29, 0.717) is 5.02 Å². The van der Waals surface area contributed by atoms with Crippen LogP contribution in [0.25, 0.3) is 6.08 Å². The summed E-state index contributed by atoms with van der Waals surface area (Å²) in [5.74, 6) is -0.759. The Hall–Kier alpha value is -1.78. The highest BCUT2D eigenvalue weighted by Crippen LogP contribution is 2.38. The summed E-state index contributed by atoms with van der Waals surface area (Å²) < 4.78 is 5.21. The van der Waals surface area contributed by atoms with E-state index in [1.165, 1.54) is 30.3 Å². The highest BCUT2D eigenvalue weighted by molar-refractivity contribution is 8.26. The number of halogens is 3. The van der Waals surface area contributed by atoms with E-state index in [-0.39, 0.29) is 30.7 Å². The molecule has 26 heavy (non-hydrogen) atoms. The van der Waals surface area contributed by atoms with Gasteiger partial charge in [-0.15, -0.1) is 0 Å². The van der Waals surface area contributed by atoms with Crippen LogP contribution in [0, 0.1) is 10.1 Å². The van der Waals surface area contributed by atoms with Crippen LogP contribution in [0.1, 0.15) is 5.76 Å². The summed E-state index contributed by atoms with van der Waals surface area (Å²) in [6.45, 7) is 0. The van der Waals surface area contributed by atoms with Crippen molar-refractivity contribution < 1.29 is 14.1 Å². The number of rotatable bonds is 4. The van der Waals surface area contributed by atoms with E-state index in [9.17, 15) is 14.9 Å². The van der Waals surface area contributed by atoms with Gasteiger partial charge in [0.2, 0.25) is 0 Å². The number of hydrazine groups is 1. The molecule has 1 N–H and O–H groups in total. The first-order chi connectivity index (χ1) is 12.3. The van der Waals surface area contributed by atoms with Gasteiger partial charge in [0.05, 0.1) is 26.7 Å². The van der Waals surface area contributed by atoms with Crippen molar-refractivity contribution in [2.45, 2.75) is 0 Å². The zero-order chi connectivity index (χ0) is 19.0. The third-order valence-electron chi connectivity index (χ3n) is 3.09. The normalized spacial score (nSPS) is 15.8. The Morgan fingerprint density at radius 1 is 1.27 bits per heavy atom. The molecule has 2 aromatic rings. The lowest BCUT2D eigenvalue weighted by atomic mass is 10.3. The van der Waals surface area contributed by atoms with Gasteiger partial charge in [0.1, 0.15) is 10.7 Å². The summed E-state index contributed by atoms with van der Waals surface area (Å²) in [6, 6.07) is 5.50. The summed E-state index contributed by atoms with van der Waals surface area (Å²) in [6.07, 6.45) is 1.36. The number of furan rings is 1. The summed E-state index contributed by atoms with van der Waals surface area (Å²) >= 11 is 24.2. The predicted octanol–water partition coefficient (Wildman–Crippen LogP) is 5.38. The van der Waals surface area contributed by atoms with Crippen LogP contribution in [0.3, 0.4) is 0 Å². The summed E-state index contributed by atoms with van der Waals surface area (Å²) in [7, 11) is 0. The third kappa shape index (κ3) is 3.81. The van der Waals surface area contributed by atoms with Gasteiger partial charge in [-0.1, -0.05) is 46.6 Å². The Morgan fingerprint density at radius 3 is 2.50 bits per heavy atom. The molecule has 3 rings (SSSR count). The predicted molar refractivity (Wildman–Crippen MR) is 105 cm³/mol. The van der Waals surface area contributed by atoms with Gasteiger partial charge in [-0.25, -0.2) is 5.01 Å². The quantitative estimate of drug-likeness (QED) is 0.290. The van der Waals surface area contributed by atoms with Crippen LogP contribution in [0.5, 0.6) is 0 Å². The van der Waals surface area contributed by atoms with Crippen molar-refractivity contribution in [1.29, 1.82) is 0 Å². The highest BCUT2D eigenvalue weighted by Gasteiger charge is 2.33. The number of hydrogen-bond acceptors (Lipinski definition) is 7. The molecule has 0 atom stereocenters. The molecule has 0 aliphatic carbocycles. The molecule has 134 valence electrons. The number of thioether (sulfide) groups is 1. The lowest BCUT2D eigenvalue weighted by Crippen LogP contribution is -2.34. The number of hydrogen-bond donors (Lipinski definition) is 1. The van der Waals surface area contributed by atoms with Crippen molar-refractivity contribution in [2.75, 3.05) is 5.43 Å². The second-order valence-corrected chi connectivity index (χ2v) is 7.73. The van der Waals surface area contributed by atoms with E-state index in [4.69, 9.17) is 51.4 Å². The van der Waals surface area contributed by atoms with Gasteiger partial charge in [0.15, 0.2) is 4.32 Å². The summed E-state index contributed by atoms with van der Waals surface area (Å²) in [5.41, 5.74) is 3.03. The Morgan fingerprint density at radius 2 is 1.92 bits per heavy atom. The van der Waals surface area contributed by atoms with Gasteiger partial charge in [0, 0.05) is 11.1 Å². The maximum Gasteiger partial charge on any atom is 0.433 e. The van der Waals surface area contributed by atoms with Crippen molar-refractivity contribution in [3.05, 3.63) is 60.1 Å². The molecule has 7 nitrogen and oxygen atoms in total. The number of amides is 1. The molecule has 0 saturated carbocycles. The fourth-order valence-corrected chi connectivity index (χ4v) is 4.03. The molecule has 0 unspecified atom stereocenters. The molecule has 1 aliphatic heterocycles. The van der Waals surface area contributed by atoms with Crippen LogP contribution in [-0.2, 0) is 4.79 Å². The lowest BCUT2D eigenvalue weighted by molar-refractivity contribution is -0.402. The van der Waals surface area contributed by atoms with E-state index < -0.39 is 16.7 Å². The number of carbonyl (C=O) groups excluding carboxylic acids is 1. The standard InChI is InChI=1S/C14H6Cl3N3O4S2/c15-6-3-8(16)12(9(17)4-6)18-19-13(21)10(26-14(19)25)5-7-1-2-11(24-7)20(22)23/h1-5,18H/b10-5+. The number of nitrogens with zero attached hydrogens (tertiary/aromatic N) is 2. The van der Waals surface area contributed by atoms with Gasteiger partial charge in [0.25, 0.3) is 5.91 Å². The minimum Gasteiger partial charge on any atom is -0.401 e. The lowest BCUT2D eigenvalue weighted by Gasteiger charge is -2.19. The summed E-state index contributed by atoms with van der Waals surface area (Å²) in [4.78, 5) is 22.8. The molecule has 0 spiro atoms. The minimum absolute atomic E-state index is 0.153. The molecule has 1 aromatic carbocycles. The first kappa shape index (κ1) is 19.0. The van der Waals surface area contributed by atoms with Gasteiger partial charge in [-0.05, 0) is 30.4 Å². The average Bonchev–Trinajstić information content (AvgIpc) is 3.10. The van der Waals surface area contributed by atoms with Gasteiger partial charge in [-0.3, -0.25) is 20.3 Å². The third-order valence-corrected chi connectivity index (χ3v) is 5.21. The topological polar surface area (TPSA) is 88.6 Å². The van der Waals surface area contributed by atoms with Crippen LogP contribution in [0.15, 0.2) is 33.6 Å². The molecule has 2 heterocycles.